The third-order valence-electron chi connectivity index (χ3n) is 0. The maximum Gasteiger partial charge on any atom is 1.00 e. The molecule has 0 saturated carbocycles. The van der Waals surface area contributed by atoms with Gasteiger partial charge in [0.2, 0.25) is 0 Å². The van der Waals surface area contributed by atoms with Crippen molar-refractivity contribution < 1.29 is 88.8 Å². The van der Waals surface area contributed by atoms with Crippen molar-refractivity contribution in [3.63, 3.8) is 0 Å². The molecule has 11 heavy (non-hydrogen) atoms. The Bertz CT molecular complexity index is 52.6. The van der Waals surface area contributed by atoms with E-state index in [1.54, 1.807) is 0 Å². The zero-order valence-corrected chi connectivity index (χ0v) is 10.2. The Balaban J connectivity index is -0.0000000150. The third kappa shape index (κ3) is 4380. The minimum atomic E-state index is -0.500. The van der Waals surface area contributed by atoms with Crippen LogP contribution in [0.15, 0.2) is 0 Å². The van der Waals surface area contributed by atoms with Gasteiger partial charge >= 0.3 is 59.1 Å². The van der Waals surface area contributed by atoms with Crippen LogP contribution in [0.25, 0.3) is 0 Å². The van der Waals surface area contributed by atoms with Crippen molar-refractivity contribution in [1.82, 2.24) is 0 Å². The van der Waals surface area contributed by atoms with Gasteiger partial charge in [0.25, 0.3) is 6.47 Å². The van der Waals surface area contributed by atoms with Gasteiger partial charge in [0.15, 0.2) is 0 Å². The molecule has 0 fully saturated rings. The summed E-state index contributed by atoms with van der Waals surface area (Å²) in [4.78, 5) is 24.9. The Morgan fingerprint density at radius 3 is 0.909 bits per heavy atom. The molecule has 54 valence electrons. The van der Waals surface area contributed by atoms with Crippen molar-refractivity contribution >= 4 is 19.4 Å². The van der Waals surface area contributed by atoms with Crippen LogP contribution in [-0.4, -0.2) is 24.5 Å². The normalized spacial score (nSPS) is 3.27. The number of hydrogen-bond acceptors (Lipinski definition) is 5. The number of carbonyl (C=O) groups excluding carboxylic acids is 2. The summed E-state index contributed by atoms with van der Waals surface area (Å²) in [6, 6.07) is 0. The first-order chi connectivity index (χ1) is 4.24. The second-order valence-corrected chi connectivity index (χ2v) is 0.298. The minimum Gasteiger partial charge on any atom is -0.554 e. The second-order valence-electron chi connectivity index (χ2n) is 0.298. The number of carbonyl (C=O) groups is 3. The van der Waals surface area contributed by atoms with Crippen LogP contribution in [0.3, 0.4) is 0 Å². The van der Waals surface area contributed by atoms with Crippen molar-refractivity contribution in [3.05, 3.63) is 0 Å². The smallest absolute Gasteiger partial charge is 0.554 e. The zero-order valence-electron chi connectivity index (χ0n) is 6.22. The van der Waals surface area contributed by atoms with E-state index in [2.05, 4.69) is 0 Å². The fourth-order valence-electron chi connectivity index (χ4n) is 0. The van der Waals surface area contributed by atoms with Gasteiger partial charge in [0.05, 0.1) is 0 Å². The average molecular weight is 182 g/mol. The van der Waals surface area contributed by atoms with Crippen LogP contribution in [0, 0.1) is 0 Å². The number of carboxylic acid groups (broad SMARTS) is 3. The summed E-state index contributed by atoms with van der Waals surface area (Å²) in [5.41, 5.74) is 0. The molecule has 0 aromatic carbocycles. The predicted octanol–water partition coefficient (Wildman–Crippen LogP) is -9.56. The van der Waals surface area contributed by atoms with E-state index in [1.807, 2.05) is 0 Å². The van der Waals surface area contributed by atoms with E-state index in [4.69, 9.17) is 29.7 Å². The second kappa shape index (κ2) is 79.3. The molecule has 0 aliphatic rings. The average Bonchev–Trinajstić information content (AvgIpc) is 1.70. The molecule has 0 aromatic heterocycles. The third-order valence-corrected chi connectivity index (χ3v) is 0. The number of hydrogen-bond donors (Lipinski definition) is 1. The van der Waals surface area contributed by atoms with Crippen molar-refractivity contribution in [1.29, 1.82) is 0 Å². The maximum atomic E-state index is 8.36. The van der Waals surface area contributed by atoms with Gasteiger partial charge in [-0.2, -0.15) is 0 Å². The van der Waals surface area contributed by atoms with E-state index in [0.29, 0.717) is 0 Å². The summed E-state index contributed by atoms with van der Waals surface area (Å²) in [7, 11) is 0. The van der Waals surface area contributed by atoms with Crippen LogP contribution in [0.2, 0.25) is 0 Å². The fraction of sp³-hybridized carbons (Fsp3) is 0. The SMILES string of the molecule is O=CO.O=C[O-].O=C[O-].[Na+].[Na+]. The van der Waals surface area contributed by atoms with Gasteiger partial charge in [0.1, 0.15) is 0 Å². The molecule has 0 aliphatic heterocycles. The van der Waals surface area contributed by atoms with Crippen molar-refractivity contribution in [2.45, 2.75) is 0 Å². The topological polar surface area (TPSA) is 118 Å². The Morgan fingerprint density at radius 1 is 0.909 bits per heavy atom. The van der Waals surface area contributed by atoms with Gasteiger partial charge < -0.3 is 24.9 Å². The van der Waals surface area contributed by atoms with Gasteiger partial charge in [0, 0.05) is 12.9 Å². The molecular formula is C3H4Na2O6. The minimum absolute atomic E-state index is 0. The summed E-state index contributed by atoms with van der Waals surface area (Å²) < 4.78 is 0. The first kappa shape index (κ1) is 30.1. The van der Waals surface area contributed by atoms with E-state index in [9.17, 15) is 0 Å². The first-order valence-corrected chi connectivity index (χ1v) is 1.44. The Labute approximate surface area is 107 Å². The standard InChI is InChI=1S/3CH2O2.2Na/c3*2-1-3;;/h3*1H,(H,2,3);;/q;;;2*+1/p-2. The van der Waals surface area contributed by atoms with Crippen molar-refractivity contribution in [2.24, 2.45) is 0 Å². The van der Waals surface area contributed by atoms with Crippen LogP contribution in [-0.2, 0) is 14.4 Å². The molecule has 6 nitrogen and oxygen atoms in total. The molecule has 1 N–H and O–H groups in total. The van der Waals surface area contributed by atoms with Gasteiger partial charge in [-0.1, -0.05) is 0 Å². The van der Waals surface area contributed by atoms with Gasteiger partial charge in [-0.3, -0.25) is 4.79 Å². The van der Waals surface area contributed by atoms with E-state index < -0.39 is 12.9 Å². The summed E-state index contributed by atoms with van der Waals surface area (Å²) in [5.74, 6) is 0. The van der Waals surface area contributed by atoms with Gasteiger partial charge in [-0.15, -0.1) is 0 Å². The summed E-state index contributed by atoms with van der Waals surface area (Å²) in [5, 5.41) is 23.4. The molecule has 0 spiro atoms. The first-order valence-electron chi connectivity index (χ1n) is 1.44. The van der Waals surface area contributed by atoms with Crippen LogP contribution in [0.5, 0.6) is 0 Å². The van der Waals surface area contributed by atoms with E-state index in [1.165, 1.54) is 0 Å². The quantitative estimate of drug-likeness (QED) is 0.293. The van der Waals surface area contributed by atoms with Crippen LogP contribution in [0.1, 0.15) is 0 Å². The molecule has 0 radical (unpaired) electrons. The maximum absolute atomic E-state index is 8.36. The molecule has 0 atom stereocenters. The monoisotopic (exact) mass is 182 g/mol. The van der Waals surface area contributed by atoms with Crippen molar-refractivity contribution in [3.8, 4) is 0 Å². The van der Waals surface area contributed by atoms with Gasteiger partial charge in [-0.05, 0) is 0 Å². The largest absolute Gasteiger partial charge is 1.00 e. The van der Waals surface area contributed by atoms with Crippen molar-refractivity contribution in [2.75, 3.05) is 0 Å². The van der Waals surface area contributed by atoms with Crippen LogP contribution in [0.4, 0.5) is 0 Å². The molecule has 8 heteroatoms. The molecular weight excluding hydrogens is 178 g/mol. The molecule has 0 aromatic rings. The fourth-order valence-corrected chi connectivity index (χ4v) is 0. The molecule has 0 heterocycles. The van der Waals surface area contributed by atoms with E-state index in [-0.39, 0.29) is 65.6 Å². The molecule has 0 amide bonds. The van der Waals surface area contributed by atoms with Gasteiger partial charge in [-0.25, -0.2) is 0 Å². The zero-order chi connectivity index (χ0) is 8.12. The molecule has 0 saturated heterocycles. The Kier molecular flexibility index (Phi) is 217. The molecule has 0 bridgehead atoms. The summed E-state index contributed by atoms with van der Waals surface area (Å²) >= 11 is 0. The summed E-state index contributed by atoms with van der Waals surface area (Å²) in [6.45, 7) is -1.25. The molecule has 0 unspecified atom stereocenters. The van der Waals surface area contributed by atoms with Crippen LogP contribution >= 0.6 is 0 Å². The van der Waals surface area contributed by atoms with Crippen LogP contribution < -0.4 is 69.3 Å². The predicted molar refractivity (Wildman–Crippen MR) is 20.8 cm³/mol. The van der Waals surface area contributed by atoms with E-state index >= 15 is 0 Å². The Morgan fingerprint density at radius 2 is 0.909 bits per heavy atom. The number of rotatable bonds is 0. The molecule has 0 aliphatic carbocycles. The summed E-state index contributed by atoms with van der Waals surface area (Å²) in [6.07, 6.45) is 0. The molecule has 0 rings (SSSR count). The van der Waals surface area contributed by atoms with E-state index in [0.717, 1.165) is 0 Å². The Hall–Kier alpha value is 0.410.